The van der Waals surface area contributed by atoms with Crippen LogP contribution in [0.15, 0.2) is 12.1 Å². The zero-order valence-corrected chi connectivity index (χ0v) is 10.9. The number of carbonyl (C=O) groups is 1. The monoisotopic (exact) mass is 257 g/mol. The fourth-order valence-corrected chi connectivity index (χ4v) is 1.55. The van der Waals surface area contributed by atoms with E-state index in [1.165, 1.54) is 4.90 Å². The summed E-state index contributed by atoms with van der Waals surface area (Å²) in [4.78, 5) is 12.2. The van der Waals surface area contributed by atoms with E-state index in [0.717, 1.165) is 12.1 Å². The molecule has 0 saturated heterocycles. The summed E-state index contributed by atoms with van der Waals surface area (Å²) in [7, 11) is 1.59. The molecule has 100 valence electrons. The molecule has 0 aliphatic carbocycles. The molecule has 0 saturated carbocycles. The predicted octanol–water partition coefficient (Wildman–Crippen LogP) is 3.29. The fraction of sp³-hybridized carbons (Fsp3) is 0.462. The molecule has 5 heteroatoms. The lowest BCUT2D eigenvalue weighted by Gasteiger charge is -2.37. The van der Waals surface area contributed by atoms with Gasteiger partial charge in [-0.15, -0.1) is 0 Å². The zero-order valence-electron chi connectivity index (χ0n) is 10.9. The van der Waals surface area contributed by atoms with Crippen molar-refractivity contribution >= 4 is 11.7 Å². The van der Waals surface area contributed by atoms with E-state index < -0.39 is 28.7 Å². The summed E-state index contributed by atoms with van der Waals surface area (Å²) in [5, 5.41) is 8.72. The number of hydrogen-bond donors (Lipinski definition) is 1. The molecule has 0 bridgehead atoms. The molecule has 3 nitrogen and oxygen atoms in total. The van der Waals surface area contributed by atoms with E-state index in [0.29, 0.717) is 6.42 Å². The predicted molar refractivity (Wildman–Crippen MR) is 66.1 cm³/mol. The standard InChI is InChI=1S/C13H17F2NO2/c1-5-13(2,3)16(4)11-9(14)6-8(12(17)18)7-10(11)15/h6-7H,5H2,1-4H3,(H,17,18). The highest BCUT2D eigenvalue weighted by Gasteiger charge is 2.27. The van der Waals surface area contributed by atoms with Crippen LogP contribution in [0.25, 0.3) is 0 Å². The van der Waals surface area contributed by atoms with Crippen LogP contribution < -0.4 is 4.90 Å². The molecule has 0 aliphatic rings. The zero-order chi connectivity index (χ0) is 14.1. The Labute approximate surface area is 105 Å². The minimum absolute atomic E-state index is 0.202. The molecular formula is C13H17F2NO2. The summed E-state index contributed by atoms with van der Waals surface area (Å²) >= 11 is 0. The van der Waals surface area contributed by atoms with Crippen LogP contribution in [-0.4, -0.2) is 23.7 Å². The van der Waals surface area contributed by atoms with Gasteiger partial charge in [-0.1, -0.05) is 6.92 Å². The number of hydrogen-bond acceptors (Lipinski definition) is 2. The van der Waals surface area contributed by atoms with Crippen LogP contribution in [0.5, 0.6) is 0 Å². The van der Waals surface area contributed by atoms with Gasteiger partial charge in [0.1, 0.15) is 17.3 Å². The van der Waals surface area contributed by atoms with Crippen LogP contribution in [0.4, 0.5) is 14.5 Å². The van der Waals surface area contributed by atoms with Crippen molar-refractivity contribution in [1.82, 2.24) is 0 Å². The molecule has 0 aliphatic heterocycles. The number of aromatic carboxylic acids is 1. The highest BCUT2D eigenvalue weighted by atomic mass is 19.1. The second-order valence-corrected chi connectivity index (χ2v) is 4.82. The van der Waals surface area contributed by atoms with Gasteiger partial charge in [0.15, 0.2) is 0 Å². The van der Waals surface area contributed by atoms with Crippen molar-refractivity contribution in [3.63, 3.8) is 0 Å². The van der Waals surface area contributed by atoms with E-state index in [1.807, 2.05) is 20.8 Å². The van der Waals surface area contributed by atoms with Gasteiger partial charge in [0.25, 0.3) is 0 Å². The normalized spacial score (nSPS) is 11.4. The Morgan fingerprint density at radius 2 is 1.78 bits per heavy atom. The van der Waals surface area contributed by atoms with Gasteiger partial charge in [-0.25, -0.2) is 13.6 Å². The van der Waals surface area contributed by atoms with Crippen LogP contribution in [0.1, 0.15) is 37.6 Å². The van der Waals surface area contributed by atoms with Crippen molar-refractivity contribution in [2.24, 2.45) is 0 Å². The third-order valence-corrected chi connectivity index (χ3v) is 3.37. The average molecular weight is 257 g/mol. The first-order valence-electron chi connectivity index (χ1n) is 5.67. The van der Waals surface area contributed by atoms with Gasteiger partial charge in [-0.3, -0.25) is 0 Å². The fourth-order valence-electron chi connectivity index (χ4n) is 1.55. The molecule has 0 radical (unpaired) electrons. The first-order valence-corrected chi connectivity index (χ1v) is 5.67. The lowest BCUT2D eigenvalue weighted by molar-refractivity contribution is 0.0696. The SMILES string of the molecule is CCC(C)(C)N(C)c1c(F)cc(C(=O)O)cc1F. The minimum Gasteiger partial charge on any atom is -0.478 e. The Morgan fingerprint density at radius 3 is 2.11 bits per heavy atom. The molecule has 0 fully saturated rings. The van der Waals surface area contributed by atoms with E-state index in [4.69, 9.17) is 5.11 Å². The van der Waals surface area contributed by atoms with E-state index in [9.17, 15) is 13.6 Å². The van der Waals surface area contributed by atoms with Crippen LogP contribution in [0.3, 0.4) is 0 Å². The lowest BCUT2D eigenvalue weighted by Crippen LogP contribution is -2.41. The maximum absolute atomic E-state index is 13.8. The summed E-state index contributed by atoms with van der Waals surface area (Å²) in [5.74, 6) is -3.08. The molecule has 1 aromatic rings. The maximum Gasteiger partial charge on any atom is 0.335 e. The molecule has 1 rings (SSSR count). The van der Waals surface area contributed by atoms with Gasteiger partial charge >= 0.3 is 5.97 Å². The number of carboxylic acid groups (broad SMARTS) is 1. The van der Waals surface area contributed by atoms with Crippen molar-refractivity contribution in [3.8, 4) is 0 Å². The Kier molecular flexibility index (Phi) is 3.94. The van der Waals surface area contributed by atoms with Gasteiger partial charge in [0.05, 0.1) is 5.56 Å². The Morgan fingerprint density at radius 1 is 1.33 bits per heavy atom. The molecule has 0 spiro atoms. The Balaban J connectivity index is 3.31. The van der Waals surface area contributed by atoms with Gasteiger partial charge in [-0.05, 0) is 32.4 Å². The second kappa shape index (κ2) is 4.92. The number of anilines is 1. The largest absolute Gasteiger partial charge is 0.478 e. The quantitative estimate of drug-likeness (QED) is 0.899. The number of carboxylic acids is 1. The molecule has 0 heterocycles. The highest BCUT2D eigenvalue weighted by molar-refractivity contribution is 5.88. The third kappa shape index (κ3) is 2.60. The van der Waals surface area contributed by atoms with E-state index >= 15 is 0 Å². The smallest absolute Gasteiger partial charge is 0.335 e. The molecular weight excluding hydrogens is 240 g/mol. The van der Waals surface area contributed by atoms with Crippen LogP contribution in [0.2, 0.25) is 0 Å². The van der Waals surface area contributed by atoms with Gasteiger partial charge in [0.2, 0.25) is 0 Å². The first kappa shape index (κ1) is 14.4. The molecule has 1 aromatic carbocycles. The lowest BCUT2D eigenvalue weighted by atomic mass is 9.98. The van der Waals surface area contributed by atoms with Crippen molar-refractivity contribution in [3.05, 3.63) is 29.3 Å². The molecule has 0 atom stereocenters. The van der Waals surface area contributed by atoms with Crippen LogP contribution in [-0.2, 0) is 0 Å². The van der Waals surface area contributed by atoms with Crippen molar-refractivity contribution in [2.75, 3.05) is 11.9 Å². The molecule has 18 heavy (non-hydrogen) atoms. The van der Waals surface area contributed by atoms with E-state index in [2.05, 4.69) is 0 Å². The molecule has 0 aromatic heterocycles. The summed E-state index contributed by atoms with van der Waals surface area (Å²) < 4.78 is 27.7. The summed E-state index contributed by atoms with van der Waals surface area (Å²) in [6.45, 7) is 5.63. The number of halogens is 2. The van der Waals surface area contributed by atoms with Gasteiger partial charge < -0.3 is 10.0 Å². The van der Waals surface area contributed by atoms with Crippen LogP contribution in [0, 0.1) is 11.6 Å². The molecule has 0 amide bonds. The molecule has 0 unspecified atom stereocenters. The number of benzene rings is 1. The second-order valence-electron chi connectivity index (χ2n) is 4.82. The summed E-state index contributed by atoms with van der Waals surface area (Å²) in [5.41, 5.74) is -1.02. The summed E-state index contributed by atoms with van der Waals surface area (Å²) in [6, 6.07) is 1.67. The van der Waals surface area contributed by atoms with Crippen LogP contribution >= 0.6 is 0 Å². The first-order chi connectivity index (χ1) is 8.20. The number of rotatable bonds is 4. The molecule has 1 N–H and O–H groups in total. The van der Waals surface area contributed by atoms with E-state index in [1.54, 1.807) is 7.05 Å². The number of nitrogens with zero attached hydrogens (tertiary/aromatic N) is 1. The third-order valence-electron chi connectivity index (χ3n) is 3.37. The highest BCUT2D eigenvalue weighted by Crippen LogP contribution is 2.30. The van der Waals surface area contributed by atoms with Crippen molar-refractivity contribution in [2.45, 2.75) is 32.7 Å². The van der Waals surface area contributed by atoms with Gasteiger partial charge in [0, 0.05) is 12.6 Å². The van der Waals surface area contributed by atoms with Crippen molar-refractivity contribution in [1.29, 1.82) is 0 Å². The van der Waals surface area contributed by atoms with E-state index in [-0.39, 0.29) is 5.69 Å². The maximum atomic E-state index is 13.8. The average Bonchev–Trinajstić information content (AvgIpc) is 2.27. The Bertz CT molecular complexity index is 449. The van der Waals surface area contributed by atoms with Crippen molar-refractivity contribution < 1.29 is 18.7 Å². The minimum atomic E-state index is -1.35. The summed E-state index contributed by atoms with van der Waals surface area (Å²) in [6.07, 6.45) is 0.697. The topological polar surface area (TPSA) is 40.5 Å². The Hall–Kier alpha value is -1.65. The van der Waals surface area contributed by atoms with Gasteiger partial charge in [-0.2, -0.15) is 0 Å².